The first-order valence-electron chi connectivity index (χ1n) is 8.39. The van der Waals surface area contributed by atoms with E-state index in [4.69, 9.17) is 4.74 Å². The molecule has 0 aliphatic carbocycles. The minimum absolute atomic E-state index is 0.0517. The van der Waals surface area contributed by atoms with E-state index in [1.807, 2.05) is 0 Å². The van der Waals surface area contributed by atoms with Gasteiger partial charge in [0.05, 0.1) is 0 Å². The average molecular weight is 378 g/mol. The van der Waals surface area contributed by atoms with Gasteiger partial charge in [0.15, 0.2) is 5.82 Å². The van der Waals surface area contributed by atoms with Gasteiger partial charge in [-0.3, -0.25) is 19.4 Å². The first-order chi connectivity index (χ1) is 12.4. The smallest absolute Gasteiger partial charge is 0.249 e. The Morgan fingerprint density at radius 1 is 1.31 bits per heavy atom. The second-order valence-corrected chi connectivity index (χ2v) is 8.91. The lowest BCUT2D eigenvalue weighted by Crippen LogP contribution is -2.46. The van der Waals surface area contributed by atoms with E-state index in [0.717, 1.165) is 5.56 Å². The Bertz CT molecular complexity index is 797. The fourth-order valence-electron chi connectivity index (χ4n) is 2.72. The summed E-state index contributed by atoms with van der Waals surface area (Å²) in [5.41, 5.74) is 0.723. The van der Waals surface area contributed by atoms with Crippen LogP contribution in [0.1, 0.15) is 26.7 Å². The fourth-order valence-corrected chi connectivity index (χ4v) is 4.40. The molecule has 1 aliphatic heterocycles. The third-order valence-corrected chi connectivity index (χ3v) is 6.64. The lowest BCUT2D eigenvalue weighted by Gasteiger charge is -2.29. The van der Waals surface area contributed by atoms with E-state index in [-0.39, 0.29) is 16.9 Å². The van der Waals surface area contributed by atoms with E-state index in [9.17, 15) is 14.1 Å². The first kappa shape index (κ1) is 18.5. The van der Waals surface area contributed by atoms with Crippen LogP contribution >= 0.6 is 0 Å². The van der Waals surface area contributed by atoms with Crippen LogP contribution in [0.25, 0.3) is 11.4 Å². The highest BCUT2D eigenvalue weighted by atomic mass is 32.2. The summed E-state index contributed by atoms with van der Waals surface area (Å²) in [7, 11) is -1.34. The molecule has 8 nitrogen and oxygen atoms in total. The summed E-state index contributed by atoms with van der Waals surface area (Å²) in [4.78, 5) is 16.9. The monoisotopic (exact) mass is 378 g/mol. The Morgan fingerprint density at radius 2 is 1.96 bits per heavy atom. The number of phenolic OH excluding ortho intramolecular Hbond substituents is 1. The van der Waals surface area contributed by atoms with Gasteiger partial charge in [0.25, 0.3) is 0 Å². The standard InChI is InChI=1S/C17H22N4O4S/c1-17(2,26(24)13-7-9-25-10-8-13)15(23)19-16-18-14(20-21-16)11-3-5-12(22)6-4-11/h3-6,13,22H,7-10H2,1-2H3,(H2,18,19,20,21,23). The maximum Gasteiger partial charge on any atom is 0.249 e. The zero-order valence-corrected chi connectivity index (χ0v) is 15.5. The largest absolute Gasteiger partial charge is 0.508 e. The highest BCUT2D eigenvalue weighted by Crippen LogP contribution is 2.25. The van der Waals surface area contributed by atoms with E-state index < -0.39 is 21.5 Å². The number of phenols is 1. The van der Waals surface area contributed by atoms with Crippen molar-refractivity contribution in [2.45, 2.75) is 36.7 Å². The van der Waals surface area contributed by atoms with Gasteiger partial charge in [-0.1, -0.05) is 0 Å². The lowest BCUT2D eigenvalue weighted by molar-refractivity contribution is -0.117. The molecule has 1 aliphatic rings. The van der Waals surface area contributed by atoms with Gasteiger partial charge in [0.2, 0.25) is 11.9 Å². The third-order valence-electron chi connectivity index (χ3n) is 4.37. The molecule has 0 bridgehead atoms. The number of nitrogens with one attached hydrogen (secondary N) is 2. The van der Waals surface area contributed by atoms with Crippen LogP contribution in [-0.2, 0) is 20.3 Å². The van der Waals surface area contributed by atoms with Gasteiger partial charge >= 0.3 is 0 Å². The Hall–Kier alpha value is -2.26. The van der Waals surface area contributed by atoms with Crippen LogP contribution in [0, 0.1) is 0 Å². The minimum atomic E-state index is -1.34. The molecule has 0 saturated carbocycles. The van der Waals surface area contributed by atoms with Crippen LogP contribution in [0.5, 0.6) is 5.75 Å². The zero-order chi connectivity index (χ0) is 18.7. The van der Waals surface area contributed by atoms with Gasteiger partial charge < -0.3 is 9.84 Å². The van der Waals surface area contributed by atoms with E-state index in [2.05, 4.69) is 20.5 Å². The van der Waals surface area contributed by atoms with Crippen LogP contribution in [0.2, 0.25) is 0 Å². The molecule has 2 aromatic rings. The number of H-pyrrole nitrogens is 1. The van der Waals surface area contributed by atoms with E-state index >= 15 is 0 Å². The number of carbonyl (C=O) groups is 1. The predicted molar refractivity (Wildman–Crippen MR) is 98.2 cm³/mol. The lowest BCUT2D eigenvalue weighted by atomic mass is 10.2. The van der Waals surface area contributed by atoms with Crippen LogP contribution in [0.3, 0.4) is 0 Å². The molecule has 140 valence electrons. The summed E-state index contributed by atoms with van der Waals surface area (Å²) in [5.74, 6) is 0.344. The molecule has 1 aromatic carbocycles. The van der Waals surface area contributed by atoms with Crippen LogP contribution in [-0.4, -0.2) is 53.6 Å². The van der Waals surface area contributed by atoms with Crippen molar-refractivity contribution < 1.29 is 18.8 Å². The van der Waals surface area contributed by atoms with Crippen molar-refractivity contribution in [3.05, 3.63) is 24.3 Å². The number of carbonyl (C=O) groups excluding carboxylic acids is 1. The molecule has 1 saturated heterocycles. The van der Waals surface area contributed by atoms with Gasteiger partial charge in [0, 0.05) is 34.8 Å². The molecule has 0 spiro atoms. The third kappa shape index (κ3) is 3.94. The topological polar surface area (TPSA) is 117 Å². The van der Waals surface area contributed by atoms with Gasteiger partial charge in [-0.15, -0.1) is 5.10 Å². The van der Waals surface area contributed by atoms with Crippen molar-refractivity contribution in [1.82, 2.24) is 15.2 Å². The predicted octanol–water partition coefficient (Wildman–Crippen LogP) is 1.82. The summed E-state index contributed by atoms with van der Waals surface area (Å²) < 4.78 is 17.1. The number of benzene rings is 1. The molecule has 26 heavy (non-hydrogen) atoms. The Labute approximate surface area is 153 Å². The zero-order valence-electron chi connectivity index (χ0n) is 14.7. The molecule has 1 atom stereocenters. The maximum atomic E-state index is 12.8. The van der Waals surface area contributed by atoms with E-state index in [0.29, 0.717) is 31.9 Å². The van der Waals surface area contributed by atoms with Gasteiger partial charge in [-0.05, 0) is 51.0 Å². The van der Waals surface area contributed by atoms with Crippen LogP contribution < -0.4 is 5.32 Å². The number of rotatable bonds is 5. The van der Waals surface area contributed by atoms with Gasteiger partial charge in [-0.2, -0.15) is 4.98 Å². The molecule has 9 heteroatoms. The molecule has 0 radical (unpaired) electrons. The SMILES string of the molecule is CC(C)(C(=O)Nc1n[nH]c(-c2ccc(O)cc2)n1)S(=O)C1CCOCC1. The Balaban J connectivity index is 1.69. The van der Waals surface area contributed by atoms with Crippen molar-refractivity contribution in [2.75, 3.05) is 18.5 Å². The molecule has 2 heterocycles. The van der Waals surface area contributed by atoms with Gasteiger partial charge in [0.1, 0.15) is 10.5 Å². The number of hydrogen-bond acceptors (Lipinski definition) is 6. The van der Waals surface area contributed by atoms with E-state index in [1.165, 1.54) is 12.1 Å². The van der Waals surface area contributed by atoms with Crippen molar-refractivity contribution in [3.8, 4) is 17.1 Å². The second-order valence-electron chi connectivity index (χ2n) is 6.63. The number of hydrogen-bond donors (Lipinski definition) is 3. The number of ether oxygens (including phenoxy) is 1. The second kappa shape index (κ2) is 7.55. The summed E-state index contributed by atoms with van der Waals surface area (Å²) in [6, 6.07) is 6.45. The number of aromatic amines is 1. The molecule has 1 amide bonds. The number of aromatic hydroxyl groups is 1. The van der Waals surface area contributed by atoms with Crippen molar-refractivity contribution in [1.29, 1.82) is 0 Å². The number of amides is 1. The van der Waals surface area contributed by atoms with Gasteiger partial charge in [-0.25, -0.2) is 0 Å². The highest BCUT2D eigenvalue weighted by molar-refractivity contribution is 7.87. The fraction of sp³-hybridized carbons (Fsp3) is 0.471. The maximum absolute atomic E-state index is 12.8. The number of nitrogens with zero attached hydrogens (tertiary/aromatic N) is 2. The minimum Gasteiger partial charge on any atom is -0.508 e. The first-order valence-corrected chi connectivity index (χ1v) is 9.61. The van der Waals surface area contributed by atoms with Crippen LogP contribution in [0.15, 0.2) is 24.3 Å². The molecular formula is C17H22N4O4S. The van der Waals surface area contributed by atoms with Crippen molar-refractivity contribution in [2.24, 2.45) is 0 Å². The quantitative estimate of drug-likeness (QED) is 0.731. The summed E-state index contributed by atoms with van der Waals surface area (Å²) in [5, 5.41) is 18.7. The molecular weight excluding hydrogens is 356 g/mol. The summed E-state index contributed by atoms with van der Waals surface area (Å²) in [6.07, 6.45) is 1.38. The van der Waals surface area contributed by atoms with Crippen LogP contribution in [0.4, 0.5) is 5.95 Å². The molecule has 1 fully saturated rings. The number of anilines is 1. The Morgan fingerprint density at radius 3 is 2.62 bits per heavy atom. The molecule has 3 N–H and O–H groups in total. The summed E-state index contributed by atoms with van der Waals surface area (Å²) in [6.45, 7) is 4.49. The van der Waals surface area contributed by atoms with Crippen molar-refractivity contribution in [3.63, 3.8) is 0 Å². The normalized spacial score (nSPS) is 17.0. The highest BCUT2D eigenvalue weighted by Gasteiger charge is 2.39. The number of aromatic nitrogens is 3. The van der Waals surface area contributed by atoms with Crippen molar-refractivity contribution >= 4 is 22.7 Å². The molecule has 3 rings (SSSR count). The Kier molecular flexibility index (Phi) is 5.38. The van der Waals surface area contributed by atoms with E-state index in [1.54, 1.807) is 26.0 Å². The molecule has 1 unspecified atom stereocenters. The average Bonchev–Trinajstić information content (AvgIpc) is 3.10. The molecule has 1 aromatic heterocycles. The summed E-state index contributed by atoms with van der Waals surface area (Å²) >= 11 is 0.